The average Bonchev–Trinajstić information content (AvgIpc) is 3.41. The second-order valence-corrected chi connectivity index (χ2v) is 7.19. The molecule has 1 aliphatic rings. The molecule has 1 aliphatic heterocycles. The molecule has 1 saturated heterocycles. The van der Waals surface area contributed by atoms with E-state index in [-0.39, 0.29) is 11.8 Å². The number of aromatic nitrogens is 3. The van der Waals surface area contributed by atoms with Gasteiger partial charge < -0.3 is 18.4 Å². The summed E-state index contributed by atoms with van der Waals surface area (Å²) >= 11 is 6.28. The van der Waals surface area contributed by atoms with Crippen molar-refractivity contribution in [2.24, 2.45) is 0 Å². The van der Waals surface area contributed by atoms with Gasteiger partial charge in [-0.15, -0.1) is 0 Å². The third-order valence-corrected chi connectivity index (χ3v) is 5.24. The smallest absolute Gasteiger partial charge is 0.259 e. The van der Waals surface area contributed by atoms with E-state index in [1.165, 1.54) is 0 Å². The fourth-order valence-electron chi connectivity index (χ4n) is 3.33. The number of nitrogens with zero attached hydrogens (tertiary/aromatic N) is 4. The Morgan fingerprint density at radius 1 is 1.14 bits per heavy atom. The number of likely N-dealkylation sites (tertiary alicyclic amines) is 1. The Hall–Kier alpha value is -3.39. The Morgan fingerprint density at radius 3 is 2.72 bits per heavy atom. The van der Waals surface area contributed by atoms with E-state index < -0.39 is 0 Å². The fraction of sp³-hybridized carbons (Fsp3) is 0.200. The van der Waals surface area contributed by atoms with Crippen molar-refractivity contribution in [1.82, 2.24) is 20.2 Å². The summed E-state index contributed by atoms with van der Waals surface area (Å²) in [6, 6.07) is 10.7. The van der Waals surface area contributed by atoms with Crippen molar-refractivity contribution in [3.8, 4) is 22.8 Å². The van der Waals surface area contributed by atoms with Crippen LogP contribution in [-0.2, 0) is 0 Å². The topological polar surface area (TPSA) is 98.4 Å². The maximum absolute atomic E-state index is 13.1. The van der Waals surface area contributed by atoms with Crippen molar-refractivity contribution < 1.29 is 18.3 Å². The average molecular weight is 411 g/mol. The third-order valence-electron chi connectivity index (χ3n) is 4.91. The minimum Gasteiger partial charge on any atom is -0.461 e. The fourth-order valence-corrected chi connectivity index (χ4v) is 3.55. The van der Waals surface area contributed by atoms with Gasteiger partial charge in [-0.25, -0.2) is 0 Å². The summed E-state index contributed by atoms with van der Waals surface area (Å²) in [6.07, 6.45) is 1.55. The summed E-state index contributed by atoms with van der Waals surface area (Å²) in [5.74, 6) is 1.67. The molecular weight excluding hydrogens is 396 g/mol. The van der Waals surface area contributed by atoms with E-state index in [9.17, 15) is 4.79 Å². The number of hydrogen-bond donors (Lipinski definition) is 0. The normalized spacial score (nSPS) is 14.2. The highest BCUT2D eigenvalue weighted by Gasteiger charge is 2.38. The van der Waals surface area contributed by atoms with Crippen molar-refractivity contribution in [2.75, 3.05) is 13.1 Å². The van der Waals surface area contributed by atoms with Gasteiger partial charge in [0.15, 0.2) is 5.76 Å². The Bertz CT molecular complexity index is 1180. The minimum absolute atomic E-state index is 0.0286. The number of furan rings is 1. The molecule has 0 bridgehead atoms. The van der Waals surface area contributed by atoms with Crippen molar-refractivity contribution in [3.63, 3.8) is 0 Å². The number of hydrogen-bond acceptors (Lipinski definition) is 7. The molecule has 8 nitrogen and oxygen atoms in total. The summed E-state index contributed by atoms with van der Waals surface area (Å²) in [5, 5.41) is 8.50. The highest BCUT2D eigenvalue weighted by molar-refractivity contribution is 6.33. The van der Waals surface area contributed by atoms with Crippen LogP contribution >= 0.6 is 11.6 Å². The van der Waals surface area contributed by atoms with E-state index >= 15 is 0 Å². The van der Waals surface area contributed by atoms with Crippen LogP contribution in [0.5, 0.6) is 0 Å². The van der Waals surface area contributed by atoms with E-state index in [0.29, 0.717) is 58.2 Å². The predicted octanol–water partition coefficient (Wildman–Crippen LogP) is 4.19. The Labute approximate surface area is 170 Å². The summed E-state index contributed by atoms with van der Waals surface area (Å²) in [4.78, 5) is 19.1. The van der Waals surface area contributed by atoms with Gasteiger partial charge in [-0.1, -0.05) is 40.1 Å². The van der Waals surface area contributed by atoms with Crippen molar-refractivity contribution in [2.45, 2.75) is 12.8 Å². The lowest BCUT2D eigenvalue weighted by Gasteiger charge is -2.37. The van der Waals surface area contributed by atoms with Crippen LogP contribution in [0.1, 0.15) is 27.9 Å². The molecule has 1 fully saturated rings. The van der Waals surface area contributed by atoms with Gasteiger partial charge in [-0.05, 0) is 25.1 Å². The summed E-state index contributed by atoms with van der Waals surface area (Å²) < 4.78 is 15.9. The van der Waals surface area contributed by atoms with E-state index in [0.717, 1.165) is 0 Å². The molecule has 0 aliphatic carbocycles. The summed E-state index contributed by atoms with van der Waals surface area (Å²) in [7, 11) is 0. The van der Waals surface area contributed by atoms with Crippen LogP contribution in [0.2, 0.25) is 5.02 Å². The third kappa shape index (κ3) is 3.01. The van der Waals surface area contributed by atoms with Crippen LogP contribution in [-0.4, -0.2) is 39.2 Å². The molecule has 0 radical (unpaired) electrons. The molecule has 0 atom stereocenters. The van der Waals surface area contributed by atoms with Gasteiger partial charge in [0.25, 0.3) is 5.91 Å². The van der Waals surface area contributed by atoms with Gasteiger partial charge >= 0.3 is 0 Å². The van der Waals surface area contributed by atoms with E-state index in [1.54, 1.807) is 36.3 Å². The molecule has 1 amide bonds. The lowest BCUT2D eigenvalue weighted by molar-refractivity contribution is 0.0568. The van der Waals surface area contributed by atoms with Crippen LogP contribution in [0.3, 0.4) is 0 Å². The van der Waals surface area contributed by atoms with Crippen LogP contribution in [0.4, 0.5) is 0 Å². The zero-order valence-corrected chi connectivity index (χ0v) is 16.1. The molecule has 4 heterocycles. The van der Waals surface area contributed by atoms with Gasteiger partial charge in [0.2, 0.25) is 11.7 Å². The Morgan fingerprint density at radius 2 is 1.97 bits per heavy atom. The number of halogens is 1. The van der Waals surface area contributed by atoms with Crippen molar-refractivity contribution in [1.29, 1.82) is 0 Å². The number of rotatable bonds is 4. The molecule has 0 spiro atoms. The van der Waals surface area contributed by atoms with E-state index in [2.05, 4.69) is 15.3 Å². The molecule has 146 valence electrons. The highest BCUT2D eigenvalue weighted by atomic mass is 35.5. The van der Waals surface area contributed by atoms with Crippen molar-refractivity contribution in [3.05, 3.63) is 64.9 Å². The van der Waals surface area contributed by atoms with Gasteiger partial charge in [0.05, 0.1) is 17.2 Å². The molecule has 1 aromatic carbocycles. The Balaban J connectivity index is 1.34. The second-order valence-electron chi connectivity index (χ2n) is 6.78. The first-order chi connectivity index (χ1) is 14.1. The van der Waals surface area contributed by atoms with Crippen LogP contribution in [0.25, 0.3) is 22.8 Å². The van der Waals surface area contributed by atoms with Crippen LogP contribution < -0.4 is 0 Å². The van der Waals surface area contributed by atoms with Crippen LogP contribution in [0.15, 0.2) is 56.1 Å². The first-order valence-corrected chi connectivity index (χ1v) is 9.37. The quantitative estimate of drug-likeness (QED) is 0.497. The first kappa shape index (κ1) is 17.7. The molecule has 0 unspecified atom stereocenters. The zero-order chi connectivity index (χ0) is 20.0. The number of benzene rings is 1. The molecule has 5 rings (SSSR count). The lowest BCUT2D eigenvalue weighted by Crippen LogP contribution is -2.48. The molecule has 9 heteroatoms. The van der Waals surface area contributed by atoms with Crippen LogP contribution in [0, 0.1) is 6.92 Å². The highest BCUT2D eigenvalue weighted by Crippen LogP contribution is 2.34. The molecular formula is C20H15ClN4O4. The van der Waals surface area contributed by atoms with Crippen molar-refractivity contribution >= 4 is 17.5 Å². The molecule has 4 aromatic rings. The zero-order valence-electron chi connectivity index (χ0n) is 15.3. The van der Waals surface area contributed by atoms with Gasteiger partial charge in [0, 0.05) is 18.7 Å². The monoisotopic (exact) mass is 410 g/mol. The Kier molecular flexibility index (Phi) is 4.21. The lowest BCUT2D eigenvalue weighted by atomic mass is 9.97. The van der Waals surface area contributed by atoms with Gasteiger partial charge in [-0.2, -0.15) is 4.98 Å². The number of aryl methyl sites for hydroxylation is 1. The maximum Gasteiger partial charge on any atom is 0.259 e. The standard InChI is InChI=1S/C20H15ClN4O4/c1-11-16(17(23-28-11)13-5-2-3-6-14(13)21)20(26)25-9-12(10-25)19-22-18(24-29-19)15-7-4-8-27-15/h2-8,12H,9-10H2,1H3. The number of carbonyl (C=O) groups is 1. The second kappa shape index (κ2) is 6.89. The predicted molar refractivity (Wildman–Crippen MR) is 102 cm³/mol. The van der Waals surface area contributed by atoms with E-state index in [1.807, 2.05) is 18.2 Å². The number of carbonyl (C=O) groups excluding carboxylic acids is 1. The minimum atomic E-state index is -0.166. The molecule has 0 N–H and O–H groups in total. The summed E-state index contributed by atoms with van der Waals surface area (Å²) in [5.41, 5.74) is 1.52. The SMILES string of the molecule is Cc1onc(-c2ccccc2Cl)c1C(=O)N1CC(c2nc(-c3ccco3)no2)C1. The van der Waals surface area contributed by atoms with Gasteiger partial charge in [-0.3, -0.25) is 4.79 Å². The summed E-state index contributed by atoms with van der Waals surface area (Å²) in [6.45, 7) is 2.64. The molecule has 29 heavy (non-hydrogen) atoms. The molecule has 3 aromatic heterocycles. The number of amides is 1. The molecule has 0 saturated carbocycles. The maximum atomic E-state index is 13.1. The largest absolute Gasteiger partial charge is 0.461 e. The first-order valence-electron chi connectivity index (χ1n) is 8.99. The van der Waals surface area contributed by atoms with Gasteiger partial charge in [0.1, 0.15) is 17.0 Å². The van der Waals surface area contributed by atoms with E-state index in [4.69, 9.17) is 25.1 Å².